The Morgan fingerprint density at radius 3 is 1.85 bits per heavy atom. The molecule has 1 N–H and O–H groups in total. The van der Waals surface area contributed by atoms with Gasteiger partial charge in [0.2, 0.25) is 0 Å². The number of carbonyl (C=O) groups excluding carboxylic acids is 1. The average molecular weight is 388 g/mol. The van der Waals surface area contributed by atoms with Gasteiger partial charge in [0.05, 0.1) is 5.97 Å². The van der Waals surface area contributed by atoms with Crippen molar-refractivity contribution in [2.45, 2.75) is 53.5 Å². The predicted octanol–water partition coefficient (Wildman–Crippen LogP) is 2.12. The Morgan fingerprint density at radius 1 is 1.25 bits per heavy atom. The third-order valence-electron chi connectivity index (χ3n) is 4.16. The molecule has 1 aromatic carbocycles. The van der Waals surface area contributed by atoms with Crippen LogP contribution in [0.5, 0.6) is 0 Å². The van der Waals surface area contributed by atoms with E-state index < -0.39 is 5.97 Å². The summed E-state index contributed by atoms with van der Waals surface area (Å²) in [6.45, 7) is 11.8. The van der Waals surface area contributed by atoms with Gasteiger partial charge in [-0.25, -0.2) is 0 Å². The molecule has 1 saturated heterocycles. The van der Waals surface area contributed by atoms with Crippen LogP contribution in [0.3, 0.4) is 0 Å². The van der Waals surface area contributed by atoms with Crippen LogP contribution in [-0.2, 0) is 22.1 Å². The number of carboxylic acids is 1. The molecule has 0 aromatic heterocycles. The van der Waals surface area contributed by atoms with Crippen molar-refractivity contribution < 1.29 is 27.2 Å². The summed E-state index contributed by atoms with van der Waals surface area (Å²) >= 11 is 2.02. The predicted molar refractivity (Wildman–Crippen MR) is 77.6 cm³/mol. The van der Waals surface area contributed by atoms with E-state index in [-0.39, 0.29) is 6.04 Å². The summed E-state index contributed by atoms with van der Waals surface area (Å²) in [5.74, 6) is -0.970. The minimum absolute atomic E-state index is 0.380. The Labute approximate surface area is 136 Å². The van der Waals surface area contributed by atoms with E-state index in [2.05, 4.69) is 49.6 Å². The first-order valence-electron chi connectivity index (χ1n) is 6.62. The molecular weight excluding hydrogens is 365 g/mol. The summed E-state index contributed by atoms with van der Waals surface area (Å²) in [6, 6.07) is -0.380. The molecule has 0 radical (unpaired) electrons. The van der Waals surface area contributed by atoms with E-state index in [0.29, 0.717) is 0 Å². The topological polar surface area (TPSA) is 52.2 Å². The molecule has 0 spiro atoms. The fourth-order valence-corrected chi connectivity index (χ4v) is 2.29. The number of nitrogens with one attached hydrogen (secondary N) is 1. The number of carboxylic acid groups (broad SMARTS) is 1. The average Bonchev–Trinajstić information content (AvgIpc) is 3.04. The molecule has 1 atom stereocenters. The van der Waals surface area contributed by atoms with Gasteiger partial charge >= 0.3 is 27.0 Å². The first kappa shape index (κ1) is 19.7. The normalized spacial score (nSPS) is 16.9. The van der Waals surface area contributed by atoms with Crippen LogP contribution < -0.4 is 10.4 Å². The second-order valence-corrected chi connectivity index (χ2v) is 5.09. The van der Waals surface area contributed by atoms with Crippen LogP contribution in [0.1, 0.15) is 40.7 Å². The number of hydrogen-bond donors (Lipinski definition) is 1. The summed E-state index contributed by atoms with van der Waals surface area (Å²) < 4.78 is 0. The molecule has 5 heteroatoms. The number of halogens is 1. The number of aliphatic carboxylic acids is 1. The van der Waals surface area contributed by atoms with Crippen molar-refractivity contribution in [1.29, 1.82) is 0 Å². The molecule has 1 aromatic rings. The van der Waals surface area contributed by atoms with Gasteiger partial charge in [-0.15, -0.1) is 0 Å². The van der Waals surface area contributed by atoms with Crippen LogP contribution in [0.4, 0.5) is 0 Å². The van der Waals surface area contributed by atoms with Gasteiger partial charge in [-0.3, -0.25) is 0 Å². The van der Waals surface area contributed by atoms with Crippen LogP contribution in [-0.4, -0.2) is 18.6 Å². The quantitative estimate of drug-likeness (QED) is 0.593. The molecule has 0 saturated carbocycles. The fourth-order valence-electron chi connectivity index (χ4n) is 2.29. The Balaban J connectivity index is 0.000000327. The maximum absolute atomic E-state index is 10.0. The van der Waals surface area contributed by atoms with E-state index >= 15 is 0 Å². The molecule has 0 bridgehead atoms. The number of rotatable bonds is 1. The van der Waals surface area contributed by atoms with E-state index in [9.17, 15) is 9.90 Å². The molecule has 0 amide bonds. The van der Waals surface area contributed by atoms with Crippen molar-refractivity contribution in [2.75, 3.05) is 6.54 Å². The fraction of sp³-hybridized carbons (Fsp3) is 0.600. The van der Waals surface area contributed by atoms with E-state index in [1.54, 1.807) is 0 Å². The van der Waals surface area contributed by atoms with Gasteiger partial charge in [0.1, 0.15) is 0 Å². The van der Waals surface area contributed by atoms with Gasteiger partial charge in [-0.2, -0.15) is 27.8 Å². The van der Waals surface area contributed by atoms with E-state index in [1.165, 1.54) is 27.8 Å². The monoisotopic (exact) mass is 387 g/mol. The molecule has 1 aliphatic rings. The third-order valence-corrected chi connectivity index (χ3v) is 4.16. The van der Waals surface area contributed by atoms with Crippen molar-refractivity contribution in [1.82, 2.24) is 5.32 Å². The summed E-state index contributed by atoms with van der Waals surface area (Å²) in [4.78, 5) is 10.0. The molecular formula is C15H23ClNO2Rh. The van der Waals surface area contributed by atoms with Crippen molar-refractivity contribution in [3.63, 3.8) is 0 Å². The van der Waals surface area contributed by atoms with E-state index in [4.69, 9.17) is 0 Å². The van der Waals surface area contributed by atoms with Crippen molar-refractivity contribution in [2.24, 2.45) is 0 Å². The summed E-state index contributed by atoms with van der Waals surface area (Å²) in [5.41, 5.74) is 7.34. The van der Waals surface area contributed by atoms with Gasteiger partial charge < -0.3 is 15.2 Å². The van der Waals surface area contributed by atoms with Crippen LogP contribution >= 0.6 is 9.69 Å². The van der Waals surface area contributed by atoms with Crippen LogP contribution in [0.25, 0.3) is 0 Å². The zero-order chi connectivity index (χ0) is 15.9. The first-order chi connectivity index (χ1) is 9.36. The van der Waals surface area contributed by atoms with Gasteiger partial charge in [0.25, 0.3) is 0 Å². The maximum atomic E-state index is 10.0. The van der Waals surface area contributed by atoms with Crippen LogP contribution in [0, 0.1) is 34.6 Å². The Bertz CT molecular complexity index is 357. The zero-order valence-electron chi connectivity index (χ0n) is 12.7. The first-order valence-corrected chi connectivity index (χ1v) is 8.73. The minimum atomic E-state index is -0.970. The van der Waals surface area contributed by atoms with Crippen molar-refractivity contribution in [3.05, 3.63) is 27.8 Å². The molecule has 3 nitrogen and oxygen atoms in total. The number of hydrogen-bond acceptors (Lipinski definition) is 3. The Morgan fingerprint density at radius 2 is 1.70 bits per heavy atom. The standard InChI is InChI=1S/C10H15.C5H9NO2.ClH.Rh/c1-6-7(2)9(4)10(5)8(6)3;7-5(8)4-2-1-3-6-4;;/h1-5H3;4,6H,1-3H2,(H,7,8);1H;/q-1;;;+3/p-2. The Hall–Kier alpha value is -0.307. The van der Waals surface area contributed by atoms with Crippen molar-refractivity contribution in [3.8, 4) is 0 Å². The molecule has 116 valence electrons. The van der Waals surface area contributed by atoms with Gasteiger partial charge in [-0.05, 0) is 19.4 Å². The summed E-state index contributed by atoms with van der Waals surface area (Å²) in [5, 5.41) is 12.8. The second kappa shape index (κ2) is 9.60. The van der Waals surface area contributed by atoms with Crippen molar-refractivity contribution >= 4 is 15.7 Å². The van der Waals surface area contributed by atoms with E-state index in [0.717, 1.165) is 19.4 Å². The molecule has 1 unspecified atom stereocenters. The second-order valence-electron chi connectivity index (χ2n) is 5.09. The zero-order valence-corrected chi connectivity index (χ0v) is 15.1. The summed E-state index contributed by atoms with van der Waals surface area (Å²) in [6.07, 6.45) is 1.68. The van der Waals surface area contributed by atoms with Crippen LogP contribution in [0.2, 0.25) is 0 Å². The van der Waals surface area contributed by atoms with Crippen LogP contribution in [0.15, 0.2) is 0 Å². The SMILES string of the molecule is Cc1c(C)c(C)[c-](C)c1C.O=C([O-])C1CCCN1.[Cl][Rh+2]. The molecule has 2 rings (SSSR count). The molecule has 0 aliphatic carbocycles. The molecule has 1 fully saturated rings. The van der Waals surface area contributed by atoms with Gasteiger partial charge in [0.15, 0.2) is 0 Å². The Kier molecular flexibility index (Phi) is 9.45. The molecule has 1 aliphatic heterocycles. The third kappa shape index (κ3) is 5.23. The summed E-state index contributed by atoms with van der Waals surface area (Å²) in [7, 11) is 4.53. The van der Waals surface area contributed by atoms with Gasteiger partial charge in [-0.1, -0.05) is 34.6 Å². The number of carbonyl (C=O) groups is 1. The molecule has 1 heterocycles. The van der Waals surface area contributed by atoms with E-state index in [1.807, 2.05) is 17.3 Å². The molecule has 20 heavy (non-hydrogen) atoms. The van der Waals surface area contributed by atoms with Gasteiger partial charge in [0, 0.05) is 6.04 Å².